The van der Waals surface area contributed by atoms with E-state index >= 15 is 0 Å². The fraction of sp³-hybridized carbons (Fsp3) is 0.367. The minimum Gasteiger partial charge on any atom is -0.478 e. The highest BCUT2D eigenvalue weighted by atomic mass is 16.5. The second kappa shape index (κ2) is 10.6. The average molecular weight is 502 g/mol. The predicted molar refractivity (Wildman–Crippen MR) is 147 cm³/mol. The van der Waals surface area contributed by atoms with Crippen LogP contribution >= 0.6 is 0 Å². The molecule has 1 aliphatic heterocycles. The third-order valence-corrected chi connectivity index (χ3v) is 6.98. The lowest BCUT2D eigenvalue weighted by Gasteiger charge is -2.37. The van der Waals surface area contributed by atoms with Crippen molar-refractivity contribution in [3.05, 3.63) is 81.6 Å². The van der Waals surface area contributed by atoms with E-state index in [1.807, 2.05) is 32.9 Å². The molecule has 37 heavy (non-hydrogen) atoms. The van der Waals surface area contributed by atoms with Crippen LogP contribution in [0.2, 0.25) is 0 Å². The van der Waals surface area contributed by atoms with Crippen molar-refractivity contribution >= 4 is 23.3 Å². The molecule has 0 aromatic heterocycles. The Morgan fingerprint density at radius 2 is 1.92 bits per heavy atom. The largest absolute Gasteiger partial charge is 0.478 e. The maximum Gasteiger partial charge on any atom is 0.336 e. The second-order valence-electron chi connectivity index (χ2n) is 10.2. The Labute approximate surface area is 218 Å². The number of carbonyl (C=O) groups is 2. The van der Waals surface area contributed by atoms with Gasteiger partial charge in [0.2, 0.25) is 0 Å². The van der Waals surface area contributed by atoms with Gasteiger partial charge in [0.15, 0.2) is 0 Å². The first kappa shape index (κ1) is 26.2. The molecule has 0 saturated carbocycles. The van der Waals surface area contributed by atoms with E-state index in [1.165, 1.54) is 6.07 Å². The molecule has 4 N–H and O–H groups in total. The van der Waals surface area contributed by atoms with Gasteiger partial charge in [-0.1, -0.05) is 26.0 Å². The number of nitrogen functional groups attached to an aromatic ring is 1. The minimum atomic E-state index is -1.08. The lowest BCUT2D eigenvalue weighted by molar-refractivity contribution is 0.0695. The Kier molecular flexibility index (Phi) is 7.52. The number of aryl methyl sites for hydroxylation is 1. The SMILES string of the molecule is CCN=C1C=C2Oc3cc(N)c(C)cc3C(c3ccc(C(=O)NCCC(C)C)cc3C(=O)O)C2C=C1C. The average Bonchev–Trinajstić information content (AvgIpc) is 2.84. The number of nitrogens with one attached hydrogen (secondary N) is 1. The number of nitrogens with zero attached hydrogens (tertiary/aromatic N) is 1. The molecule has 0 radical (unpaired) electrons. The van der Waals surface area contributed by atoms with Crippen LogP contribution in [0.3, 0.4) is 0 Å². The fourth-order valence-electron chi connectivity index (χ4n) is 4.95. The van der Waals surface area contributed by atoms with Gasteiger partial charge in [0, 0.05) is 53.9 Å². The first-order valence-corrected chi connectivity index (χ1v) is 12.8. The van der Waals surface area contributed by atoms with Gasteiger partial charge in [-0.3, -0.25) is 9.79 Å². The van der Waals surface area contributed by atoms with Gasteiger partial charge in [0.25, 0.3) is 5.91 Å². The zero-order chi connectivity index (χ0) is 26.9. The highest BCUT2D eigenvalue weighted by molar-refractivity contribution is 6.09. The molecule has 4 rings (SSSR count). The van der Waals surface area contributed by atoms with E-state index in [-0.39, 0.29) is 23.3 Å². The van der Waals surface area contributed by atoms with Crippen molar-refractivity contribution < 1.29 is 19.4 Å². The summed E-state index contributed by atoms with van der Waals surface area (Å²) in [7, 11) is 0. The number of hydrogen-bond donors (Lipinski definition) is 3. The van der Waals surface area contributed by atoms with E-state index in [2.05, 4.69) is 30.2 Å². The molecule has 0 fully saturated rings. The molecule has 2 aromatic rings. The first-order valence-electron chi connectivity index (χ1n) is 12.8. The number of benzene rings is 2. The molecule has 2 atom stereocenters. The number of allylic oxidation sites excluding steroid dienone is 3. The Bertz CT molecular complexity index is 1340. The molecule has 194 valence electrons. The lowest BCUT2D eigenvalue weighted by Crippen LogP contribution is -2.29. The summed E-state index contributed by atoms with van der Waals surface area (Å²) in [5.41, 5.74) is 11.5. The molecule has 0 saturated heterocycles. The predicted octanol–water partition coefficient (Wildman–Crippen LogP) is 5.50. The Balaban J connectivity index is 1.84. The van der Waals surface area contributed by atoms with Crippen molar-refractivity contribution in [1.82, 2.24) is 5.32 Å². The van der Waals surface area contributed by atoms with Crippen LogP contribution in [0, 0.1) is 18.8 Å². The maximum absolute atomic E-state index is 12.8. The highest BCUT2D eigenvalue weighted by Gasteiger charge is 2.39. The molecule has 1 heterocycles. The van der Waals surface area contributed by atoms with E-state index in [0.29, 0.717) is 47.3 Å². The van der Waals surface area contributed by atoms with Gasteiger partial charge in [-0.2, -0.15) is 0 Å². The van der Waals surface area contributed by atoms with Crippen LogP contribution in [0.1, 0.15) is 77.4 Å². The van der Waals surface area contributed by atoms with E-state index in [0.717, 1.165) is 28.8 Å². The second-order valence-corrected chi connectivity index (χ2v) is 10.2. The number of amides is 1. The Morgan fingerprint density at radius 1 is 1.16 bits per heavy atom. The number of ether oxygens (including phenoxy) is 1. The normalized spacial score (nSPS) is 19.5. The monoisotopic (exact) mass is 501 g/mol. The zero-order valence-electron chi connectivity index (χ0n) is 22.1. The standard InChI is InChI=1S/C30H35N3O4/c1-6-32-25-15-27-23(12-18(25)5)28(22-11-17(4)24(31)14-26(22)37-27)20-8-7-19(13-21(20)30(35)36)29(34)33-10-9-16(2)3/h7-8,11-16,23,28H,6,9-10,31H2,1-5H3,(H,33,34)(H,35,36). The van der Waals surface area contributed by atoms with Crippen LogP contribution in [-0.2, 0) is 0 Å². The number of rotatable bonds is 7. The quantitative estimate of drug-likeness (QED) is 0.434. The van der Waals surface area contributed by atoms with Crippen molar-refractivity contribution in [2.75, 3.05) is 18.8 Å². The minimum absolute atomic E-state index is 0.0993. The number of anilines is 1. The fourth-order valence-corrected chi connectivity index (χ4v) is 4.95. The third kappa shape index (κ3) is 5.31. The molecule has 2 unspecified atom stereocenters. The Morgan fingerprint density at radius 3 is 2.59 bits per heavy atom. The van der Waals surface area contributed by atoms with Crippen molar-refractivity contribution in [1.29, 1.82) is 0 Å². The van der Waals surface area contributed by atoms with Gasteiger partial charge in [-0.25, -0.2) is 4.79 Å². The van der Waals surface area contributed by atoms with Crippen LogP contribution < -0.4 is 15.8 Å². The smallest absolute Gasteiger partial charge is 0.336 e. The summed E-state index contributed by atoms with van der Waals surface area (Å²) in [5, 5.41) is 13.1. The van der Waals surface area contributed by atoms with Gasteiger partial charge < -0.3 is 20.9 Å². The number of aromatic carboxylic acids is 1. The van der Waals surface area contributed by atoms with Crippen LogP contribution in [0.4, 0.5) is 5.69 Å². The zero-order valence-corrected chi connectivity index (χ0v) is 22.1. The molecule has 1 aliphatic carbocycles. The summed E-state index contributed by atoms with van der Waals surface area (Å²) < 4.78 is 6.32. The van der Waals surface area contributed by atoms with Crippen molar-refractivity contribution in [2.24, 2.45) is 16.8 Å². The van der Waals surface area contributed by atoms with Crippen LogP contribution in [0.15, 0.2) is 58.8 Å². The van der Waals surface area contributed by atoms with Crippen LogP contribution in [0.5, 0.6) is 5.75 Å². The van der Waals surface area contributed by atoms with E-state index in [9.17, 15) is 14.7 Å². The van der Waals surface area contributed by atoms with Gasteiger partial charge in [-0.15, -0.1) is 0 Å². The molecular weight excluding hydrogens is 466 g/mol. The van der Waals surface area contributed by atoms with E-state index in [1.54, 1.807) is 18.2 Å². The van der Waals surface area contributed by atoms with Gasteiger partial charge >= 0.3 is 5.97 Å². The molecular formula is C30H35N3O4. The number of aliphatic imine (C=N–C) groups is 1. The van der Waals surface area contributed by atoms with Crippen molar-refractivity contribution in [3.8, 4) is 5.75 Å². The van der Waals surface area contributed by atoms with Crippen molar-refractivity contribution in [3.63, 3.8) is 0 Å². The summed E-state index contributed by atoms with van der Waals surface area (Å²) >= 11 is 0. The van der Waals surface area contributed by atoms with Gasteiger partial charge in [0.1, 0.15) is 11.5 Å². The number of hydrogen-bond acceptors (Lipinski definition) is 5. The van der Waals surface area contributed by atoms with Crippen LogP contribution in [0.25, 0.3) is 0 Å². The van der Waals surface area contributed by atoms with Gasteiger partial charge in [0.05, 0.1) is 11.3 Å². The number of fused-ring (bicyclic) bond motifs is 2. The molecule has 7 heteroatoms. The Hall–Kier alpha value is -3.87. The summed E-state index contributed by atoms with van der Waals surface area (Å²) in [6.45, 7) is 11.3. The number of carboxylic acid groups (broad SMARTS) is 1. The number of carboxylic acids is 1. The first-order chi connectivity index (χ1) is 17.6. The molecule has 1 amide bonds. The molecule has 0 bridgehead atoms. The summed E-state index contributed by atoms with van der Waals surface area (Å²) in [5.74, 6) is -0.161. The summed E-state index contributed by atoms with van der Waals surface area (Å²) in [4.78, 5) is 29.9. The third-order valence-electron chi connectivity index (χ3n) is 6.98. The number of carbonyl (C=O) groups excluding carboxylic acids is 1. The lowest BCUT2D eigenvalue weighted by atomic mass is 9.73. The van der Waals surface area contributed by atoms with Crippen LogP contribution in [-0.4, -0.2) is 35.8 Å². The number of nitrogens with two attached hydrogens (primary N) is 1. The molecule has 7 nitrogen and oxygen atoms in total. The van der Waals surface area contributed by atoms with E-state index < -0.39 is 5.97 Å². The highest BCUT2D eigenvalue weighted by Crippen LogP contribution is 2.49. The van der Waals surface area contributed by atoms with E-state index in [4.69, 9.17) is 10.5 Å². The molecule has 2 aromatic carbocycles. The summed E-state index contributed by atoms with van der Waals surface area (Å²) in [6.07, 6.45) is 4.89. The maximum atomic E-state index is 12.8. The topological polar surface area (TPSA) is 114 Å². The summed E-state index contributed by atoms with van der Waals surface area (Å²) in [6, 6.07) is 8.73. The molecule has 0 spiro atoms. The van der Waals surface area contributed by atoms with Crippen molar-refractivity contribution in [2.45, 2.75) is 47.0 Å². The van der Waals surface area contributed by atoms with Gasteiger partial charge in [-0.05, 0) is 68.0 Å². The molecule has 2 aliphatic rings.